The van der Waals surface area contributed by atoms with Crippen LogP contribution in [0.3, 0.4) is 0 Å². The van der Waals surface area contributed by atoms with Gasteiger partial charge in [0.05, 0.1) is 23.6 Å². The van der Waals surface area contributed by atoms with Gasteiger partial charge in [-0.1, -0.05) is 15.9 Å². The number of carbonyl (C=O) groups excluding carboxylic acids is 1. The summed E-state index contributed by atoms with van der Waals surface area (Å²) in [6.07, 6.45) is 1.69. The molecule has 1 aromatic heterocycles. The van der Waals surface area contributed by atoms with Crippen molar-refractivity contribution in [2.45, 2.75) is 6.92 Å². The molecule has 0 radical (unpaired) electrons. The zero-order valence-corrected chi connectivity index (χ0v) is 12.0. The van der Waals surface area contributed by atoms with E-state index < -0.39 is 0 Å². The van der Waals surface area contributed by atoms with E-state index in [-0.39, 0.29) is 19.1 Å². The summed E-state index contributed by atoms with van der Waals surface area (Å²) in [5.74, 6) is -0.227. The van der Waals surface area contributed by atoms with Crippen LogP contribution in [-0.4, -0.2) is 33.9 Å². The summed E-state index contributed by atoms with van der Waals surface area (Å²) in [5.41, 5.74) is 2.04. The molecular weight excluding hydrogens is 310 g/mol. The van der Waals surface area contributed by atoms with E-state index >= 15 is 0 Å². The van der Waals surface area contributed by atoms with Gasteiger partial charge in [0, 0.05) is 17.2 Å². The lowest BCUT2D eigenvalue weighted by Gasteiger charge is -2.01. The van der Waals surface area contributed by atoms with Crippen LogP contribution in [0.25, 0.3) is 5.69 Å². The van der Waals surface area contributed by atoms with E-state index in [1.165, 1.54) is 0 Å². The molecule has 0 unspecified atom stereocenters. The highest BCUT2D eigenvalue weighted by molar-refractivity contribution is 9.10. The summed E-state index contributed by atoms with van der Waals surface area (Å²) in [6, 6.07) is 7.65. The molecule has 2 rings (SSSR count). The van der Waals surface area contributed by atoms with E-state index in [0.29, 0.717) is 11.3 Å². The van der Waals surface area contributed by atoms with Crippen molar-refractivity contribution in [3.8, 4) is 5.69 Å². The Labute approximate surface area is 119 Å². The number of benzene rings is 1. The molecule has 0 saturated heterocycles. The molecule has 19 heavy (non-hydrogen) atoms. The fraction of sp³-hybridized carbons (Fsp3) is 0.231. The maximum Gasteiger partial charge on any atom is 0.254 e. The normalized spacial score (nSPS) is 10.5. The van der Waals surface area contributed by atoms with E-state index in [9.17, 15) is 4.79 Å². The molecule has 0 bridgehead atoms. The molecule has 1 aromatic carbocycles. The van der Waals surface area contributed by atoms with Gasteiger partial charge in [0.2, 0.25) is 0 Å². The Balaban J connectivity index is 2.25. The summed E-state index contributed by atoms with van der Waals surface area (Å²) in [4.78, 5) is 11.8. The predicted molar refractivity (Wildman–Crippen MR) is 75.4 cm³/mol. The number of nitrogens with one attached hydrogen (secondary N) is 1. The second-order valence-corrected chi connectivity index (χ2v) is 4.94. The highest BCUT2D eigenvalue weighted by Gasteiger charge is 2.13. The third kappa shape index (κ3) is 3.21. The summed E-state index contributed by atoms with van der Waals surface area (Å²) in [5, 5.41) is 15.6. The van der Waals surface area contributed by atoms with E-state index in [2.05, 4.69) is 26.3 Å². The van der Waals surface area contributed by atoms with Crippen LogP contribution in [0.2, 0.25) is 0 Å². The quantitative estimate of drug-likeness (QED) is 0.899. The Morgan fingerprint density at radius 2 is 2.11 bits per heavy atom. The van der Waals surface area contributed by atoms with Crippen LogP contribution in [0, 0.1) is 6.92 Å². The Morgan fingerprint density at radius 1 is 1.42 bits per heavy atom. The number of aryl methyl sites for hydroxylation is 1. The number of aliphatic hydroxyl groups excluding tert-OH is 1. The molecule has 2 N–H and O–H groups in total. The van der Waals surface area contributed by atoms with Crippen molar-refractivity contribution in [2.75, 3.05) is 13.2 Å². The minimum atomic E-state index is -0.227. The molecule has 2 aromatic rings. The number of amides is 1. The van der Waals surface area contributed by atoms with Crippen molar-refractivity contribution >= 4 is 21.8 Å². The van der Waals surface area contributed by atoms with Gasteiger partial charge in [-0.15, -0.1) is 0 Å². The number of aliphatic hydroxyl groups is 1. The Kier molecular flexibility index (Phi) is 4.34. The van der Waals surface area contributed by atoms with E-state index in [1.54, 1.807) is 17.8 Å². The van der Waals surface area contributed by atoms with Crippen molar-refractivity contribution in [2.24, 2.45) is 0 Å². The van der Waals surface area contributed by atoms with Crippen molar-refractivity contribution < 1.29 is 9.90 Å². The van der Waals surface area contributed by atoms with E-state index in [1.807, 2.05) is 24.3 Å². The topological polar surface area (TPSA) is 67.2 Å². The highest BCUT2D eigenvalue weighted by atomic mass is 79.9. The molecule has 1 heterocycles. The van der Waals surface area contributed by atoms with E-state index in [0.717, 1.165) is 10.2 Å². The lowest BCUT2D eigenvalue weighted by atomic mass is 10.2. The zero-order valence-electron chi connectivity index (χ0n) is 10.4. The average molecular weight is 324 g/mol. The number of carbonyl (C=O) groups is 1. The lowest BCUT2D eigenvalue weighted by Crippen LogP contribution is -2.26. The first-order chi connectivity index (χ1) is 9.11. The van der Waals surface area contributed by atoms with Crippen LogP contribution < -0.4 is 5.32 Å². The molecule has 5 nitrogen and oxygen atoms in total. The minimum absolute atomic E-state index is 0.0777. The van der Waals surface area contributed by atoms with Crippen LogP contribution in [0.15, 0.2) is 34.9 Å². The van der Waals surface area contributed by atoms with Crippen LogP contribution in [0.5, 0.6) is 0 Å². The van der Waals surface area contributed by atoms with Gasteiger partial charge in [-0.3, -0.25) is 4.79 Å². The fourth-order valence-electron chi connectivity index (χ4n) is 1.67. The number of halogens is 1. The van der Waals surface area contributed by atoms with Gasteiger partial charge in [0.25, 0.3) is 5.91 Å². The third-order valence-electron chi connectivity index (χ3n) is 2.63. The van der Waals surface area contributed by atoms with Gasteiger partial charge in [-0.25, -0.2) is 4.68 Å². The monoisotopic (exact) mass is 323 g/mol. The highest BCUT2D eigenvalue weighted by Crippen LogP contribution is 2.15. The Morgan fingerprint density at radius 3 is 2.74 bits per heavy atom. The molecule has 1 amide bonds. The minimum Gasteiger partial charge on any atom is -0.395 e. The summed E-state index contributed by atoms with van der Waals surface area (Å²) in [6.45, 7) is 1.94. The summed E-state index contributed by atoms with van der Waals surface area (Å²) < 4.78 is 2.65. The smallest absolute Gasteiger partial charge is 0.254 e. The van der Waals surface area contributed by atoms with Crippen LogP contribution in [0.1, 0.15) is 16.1 Å². The van der Waals surface area contributed by atoms with E-state index in [4.69, 9.17) is 5.11 Å². The number of aromatic nitrogens is 2. The van der Waals surface area contributed by atoms with Gasteiger partial charge >= 0.3 is 0 Å². The Hall–Kier alpha value is -1.66. The molecule has 100 valence electrons. The number of rotatable bonds is 4. The number of hydrogen-bond acceptors (Lipinski definition) is 3. The van der Waals surface area contributed by atoms with Crippen molar-refractivity contribution in [1.29, 1.82) is 0 Å². The largest absolute Gasteiger partial charge is 0.395 e. The third-order valence-corrected chi connectivity index (χ3v) is 3.16. The van der Waals surface area contributed by atoms with Crippen LogP contribution in [0.4, 0.5) is 0 Å². The van der Waals surface area contributed by atoms with Gasteiger partial charge in [-0.05, 0) is 31.2 Å². The second-order valence-electron chi connectivity index (χ2n) is 4.03. The van der Waals surface area contributed by atoms with Gasteiger partial charge < -0.3 is 10.4 Å². The van der Waals surface area contributed by atoms with Crippen molar-refractivity contribution in [3.05, 3.63) is 46.2 Å². The molecule has 0 saturated carbocycles. The molecular formula is C13H14BrN3O2. The predicted octanol–water partition coefficient (Wildman–Crippen LogP) is 1.67. The van der Waals surface area contributed by atoms with Crippen LogP contribution >= 0.6 is 15.9 Å². The molecule has 6 heteroatoms. The molecule has 0 aliphatic carbocycles. The van der Waals surface area contributed by atoms with Gasteiger partial charge in [0.15, 0.2) is 0 Å². The van der Waals surface area contributed by atoms with Gasteiger partial charge in [0.1, 0.15) is 0 Å². The molecule has 0 fully saturated rings. The molecule has 0 atom stereocenters. The van der Waals surface area contributed by atoms with Crippen LogP contribution in [-0.2, 0) is 0 Å². The number of hydrogen-bond donors (Lipinski definition) is 2. The molecule has 0 aliphatic rings. The maximum absolute atomic E-state index is 11.8. The average Bonchev–Trinajstić information content (AvgIpc) is 2.79. The summed E-state index contributed by atoms with van der Waals surface area (Å²) in [7, 11) is 0. The second kappa shape index (κ2) is 5.99. The molecule has 0 spiro atoms. The first-order valence-electron chi connectivity index (χ1n) is 5.83. The lowest BCUT2D eigenvalue weighted by molar-refractivity contribution is 0.0944. The summed E-state index contributed by atoms with van der Waals surface area (Å²) >= 11 is 3.37. The zero-order chi connectivity index (χ0) is 13.8. The van der Waals surface area contributed by atoms with Crippen molar-refractivity contribution in [3.63, 3.8) is 0 Å². The standard InChI is InChI=1S/C13H14BrN3O2/c1-9-12(13(19)15-6-7-18)8-17(16-9)11-4-2-10(14)3-5-11/h2-5,8,18H,6-7H2,1H3,(H,15,19). The molecule has 0 aliphatic heterocycles. The first-order valence-corrected chi connectivity index (χ1v) is 6.62. The maximum atomic E-state index is 11.8. The SMILES string of the molecule is Cc1nn(-c2ccc(Br)cc2)cc1C(=O)NCCO. The Bertz CT molecular complexity index is 578. The van der Waals surface area contributed by atoms with Gasteiger partial charge in [-0.2, -0.15) is 5.10 Å². The first kappa shape index (κ1) is 13.8. The fourth-order valence-corrected chi connectivity index (χ4v) is 1.94. The van der Waals surface area contributed by atoms with Crippen molar-refractivity contribution in [1.82, 2.24) is 15.1 Å². The number of nitrogens with zero attached hydrogens (tertiary/aromatic N) is 2.